The molecule has 1 aromatic rings. The van der Waals surface area contributed by atoms with Gasteiger partial charge in [-0.3, -0.25) is 9.59 Å². The molecule has 0 aromatic heterocycles. The van der Waals surface area contributed by atoms with Crippen molar-refractivity contribution >= 4 is 21.8 Å². The van der Waals surface area contributed by atoms with Gasteiger partial charge in [-0.1, -0.05) is 6.92 Å². The Hall–Kier alpha value is -1.93. The fourth-order valence-corrected chi connectivity index (χ4v) is 2.62. The van der Waals surface area contributed by atoms with Crippen molar-refractivity contribution in [2.75, 3.05) is 19.6 Å². The van der Waals surface area contributed by atoms with Crippen molar-refractivity contribution in [2.45, 2.75) is 18.7 Å². The van der Waals surface area contributed by atoms with E-state index >= 15 is 0 Å². The van der Waals surface area contributed by atoms with Gasteiger partial charge in [0.2, 0.25) is 15.9 Å². The highest BCUT2D eigenvalue weighted by Gasteiger charge is 2.13. The van der Waals surface area contributed by atoms with Crippen molar-refractivity contribution in [1.82, 2.24) is 15.4 Å². The van der Waals surface area contributed by atoms with Crippen LogP contribution in [0.4, 0.5) is 0 Å². The molecule has 0 aliphatic rings. The second-order valence-corrected chi connectivity index (χ2v) is 5.93. The molecule has 0 saturated heterocycles. The Morgan fingerprint density at radius 1 is 1.00 bits per heavy atom. The molecule has 0 spiro atoms. The fourth-order valence-electron chi connectivity index (χ4n) is 1.58. The van der Waals surface area contributed by atoms with E-state index in [0.29, 0.717) is 6.54 Å². The number of likely N-dealkylation sites (N-methyl/N-ethyl adjacent to an activating group) is 1. The number of hydrogen-bond donors (Lipinski definition) is 3. The molecule has 0 atom stereocenters. The van der Waals surface area contributed by atoms with Crippen LogP contribution in [0.1, 0.15) is 24.2 Å². The minimum atomic E-state index is -3.53. The van der Waals surface area contributed by atoms with Gasteiger partial charge in [-0.05, 0) is 31.2 Å². The molecule has 0 radical (unpaired) electrons. The molecular weight excluding hydrogens is 294 g/mol. The van der Waals surface area contributed by atoms with E-state index in [1.54, 1.807) is 13.8 Å². The van der Waals surface area contributed by atoms with Gasteiger partial charge in [0.25, 0.3) is 5.91 Å². The van der Waals surface area contributed by atoms with E-state index in [4.69, 9.17) is 0 Å². The van der Waals surface area contributed by atoms with Crippen LogP contribution in [0.5, 0.6) is 0 Å². The molecule has 1 rings (SSSR count). The van der Waals surface area contributed by atoms with E-state index in [-0.39, 0.29) is 29.5 Å². The van der Waals surface area contributed by atoms with Gasteiger partial charge in [-0.15, -0.1) is 0 Å². The van der Waals surface area contributed by atoms with Crippen LogP contribution >= 0.6 is 0 Å². The Kier molecular flexibility index (Phi) is 6.32. The summed E-state index contributed by atoms with van der Waals surface area (Å²) >= 11 is 0. The lowest BCUT2D eigenvalue weighted by atomic mass is 10.2. The third-order valence-corrected chi connectivity index (χ3v) is 4.11. The van der Waals surface area contributed by atoms with Crippen molar-refractivity contribution in [1.29, 1.82) is 0 Å². The summed E-state index contributed by atoms with van der Waals surface area (Å²) in [7, 11) is -3.53. The molecular formula is C13H19N3O4S. The van der Waals surface area contributed by atoms with Crippen molar-refractivity contribution in [2.24, 2.45) is 0 Å². The van der Waals surface area contributed by atoms with Crippen LogP contribution < -0.4 is 15.4 Å². The zero-order chi connectivity index (χ0) is 15.9. The maximum atomic E-state index is 11.8. The van der Waals surface area contributed by atoms with Gasteiger partial charge < -0.3 is 10.6 Å². The van der Waals surface area contributed by atoms with Gasteiger partial charge in [0.1, 0.15) is 0 Å². The summed E-state index contributed by atoms with van der Waals surface area (Å²) in [6.07, 6.45) is 0. The molecule has 8 heteroatoms. The highest BCUT2D eigenvalue weighted by Crippen LogP contribution is 2.10. The van der Waals surface area contributed by atoms with E-state index in [1.165, 1.54) is 24.3 Å². The first kappa shape index (κ1) is 17.1. The molecule has 21 heavy (non-hydrogen) atoms. The average Bonchev–Trinajstić information content (AvgIpc) is 2.45. The summed E-state index contributed by atoms with van der Waals surface area (Å²) in [6.45, 7) is 4.12. The van der Waals surface area contributed by atoms with Gasteiger partial charge in [-0.25, -0.2) is 13.1 Å². The zero-order valence-corrected chi connectivity index (χ0v) is 12.8. The summed E-state index contributed by atoms with van der Waals surface area (Å²) in [5.74, 6) is -0.717. The van der Waals surface area contributed by atoms with Crippen molar-refractivity contribution < 1.29 is 18.0 Å². The van der Waals surface area contributed by atoms with Gasteiger partial charge in [0, 0.05) is 18.7 Å². The number of hydrogen-bond acceptors (Lipinski definition) is 4. The quantitative estimate of drug-likeness (QED) is 0.651. The minimum absolute atomic E-state index is 0.0876. The summed E-state index contributed by atoms with van der Waals surface area (Å²) < 4.78 is 25.8. The third-order valence-electron chi connectivity index (χ3n) is 2.54. The maximum absolute atomic E-state index is 11.8. The van der Waals surface area contributed by atoms with Crippen LogP contribution in [0.2, 0.25) is 0 Å². The summed E-state index contributed by atoms with van der Waals surface area (Å²) in [5, 5.41) is 5.00. The Morgan fingerprint density at radius 3 is 2.14 bits per heavy atom. The lowest BCUT2D eigenvalue weighted by Gasteiger charge is -2.07. The third kappa shape index (κ3) is 5.16. The summed E-state index contributed by atoms with van der Waals surface area (Å²) in [6, 6.07) is 5.49. The molecule has 0 bridgehead atoms. The number of sulfonamides is 1. The summed E-state index contributed by atoms with van der Waals surface area (Å²) in [4.78, 5) is 23.1. The molecule has 1 aromatic carbocycles. The Bertz CT molecular complexity index is 596. The SMILES string of the molecule is CCNC(=O)CNC(=O)c1ccc(S(=O)(=O)NCC)cc1. The van der Waals surface area contributed by atoms with E-state index in [1.807, 2.05) is 0 Å². The van der Waals surface area contributed by atoms with Crippen molar-refractivity contribution in [3.05, 3.63) is 29.8 Å². The molecule has 0 saturated carbocycles. The van der Waals surface area contributed by atoms with Gasteiger partial charge in [-0.2, -0.15) is 0 Å². The summed E-state index contributed by atoms with van der Waals surface area (Å²) in [5.41, 5.74) is 0.287. The smallest absolute Gasteiger partial charge is 0.251 e. The minimum Gasteiger partial charge on any atom is -0.355 e. The Labute approximate surface area is 124 Å². The van der Waals surface area contributed by atoms with E-state index < -0.39 is 15.9 Å². The second kappa shape index (κ2) is 7.75. The van der Waals surface area contributed by atoms with Crippen LogP contribution in [0.15, 0.2) is 29.2 Å². The first-order chi connectivity index (χ1) is 9.90. The monoisotopic (exact) mass is 313 g/mol. The second-order valence-electron chi connectivity index (χ2n) is 4.16. The largest absolute Gasteiger partial charge is 0.355 e. The molecule has 7 nitrogen and oxygen atoms in total. The first-order valence-corrected chi connectivity index (χ1v) is 8.03. The molecule has 0 fully saturated rings. The van der Waals surface area contributed by atoms with Crippen molar-refractivity contribution in [3.63, 3.8) is 0 Å². The van der Waals surface area contributed by atoms with Crippen LogP contribution in [-0.4, -0.2) is 39.9 Å². The predicted octanol–water partition coefficient (Wildman–Crippen LogP) is -0.149. The van der Waals surface area contributed by atoms with Crippen LogP contribution in [-0.2, 0) is 14.8 Å². The molecule has 0 aliphatic heterocycles. The van der Waals surface area contributed by atoms with Gasteiger partial charge in [0.15, 0.2) is 0 Å². The predicted molar refractivity (Wildman–Crippen MR) is 78.3 cm³/mol. The van der Waals surface area contributed by atoms with Gasteiger partial charge >= 0.3 is 0 Å². The molecule has 3 N–H and O–H groups in total. The highest BCUT2D eigenvalue weighted by molar-refractivity contribution is 7.89. The van der Waals surface area contributed by atoms with Gasteiger partial charge in [0.05, 0.1) is 11.4 Å². The highest BCUT2D eigenvalue weighted by atomic mass is 32.2. The maximum Gasteiger partial charge on any atom is 0.251 e. The number of amides is 2. The number of nitrogens with one attached hydrogen (secondary N) is 3. The lowest BCUT2D eigenvalue weighted by molar-refractivity contribution is -0.120. The molecule has 0 unspecified atom stereocenters. The fraction of sp³-hybridized carbons (Fsp3) is 0.385. The number of carbonyl (C=O) groups excluding carboxylic acids is 2. The topological polar surface area (TPSA) is 104 Å². The zero-order valence-electron chi connectivity index (χ0n) is 12.0. The standard InChI is InChI=1S/C13H19N3O4S/c1-3-14-12(17)9-15-13(18)10-5-7-11(8-6-10)21(19,20)16-4-2/h5-8,16H,3-4,9H2,1-2H3,(H,14,17)(H,15,18). The van der Waals surface area contributed by atoms with Crippen LogP contribution in [0, 0.1) is 0 Å². The number of carbonyl (C=O) groups is 2. The Balaban J connectivity index is 2.70. The molecule has 2 amide bonds. The molecule has 0 aliphatic carbocycles. The average molecular weight is 313 g/mol. The van der Waals surface area contributed by atoms with Crippen LogP contribution in [0.3, 0.4) is 0 Å². The lowest BCUT2D eigenvalue weighted by Crippen LogP contribution is -2.36. The molecule has 0 heterocycles. The van der Waals surface area contributed by atoms with E-state index in [2.05, 4.69) is 15.4 Å². The van der Waals surface area contributed by atoms with E-state index in [0.717, 1.165) is 0 Å². The molecule has 116 valence electrons. The van der Waals surface area contributed by atoms with E-state index in [9.17, 15) is 18.0 Å². The number of benzene rings is 1. The van der Waals surface area contributed by atoms with Crippen LogP contribution in [0.25, 0.3) is 0 Å². The van der Waals surface area contributed by atoms with Crippen molar-refractivity contribution in [3.8, 4) is 0 Å². The Morgan fingerprint density at radius 2 is 1.62 bits per heavy atom. The normalized spacial score (nSPS) is 11.0. The number of rotatable bonds is 7. The first-order valence-electron chi connectivity index (χ1n) is 6.55.